The molecule has 0 bridgehead atoms. The van der Waals surface area contributed by atoms with Gasteiger partial charge in [-0.2, -0.15) is 0 Å². The standard InChI is InChI=1S/2C8H18O/c2*1-3-5-7-8(9)6-4-2/h2*8-9H,3-7H2,1-2H3. The van der Waals surface area contributed by atoms with Gasteiger partial charge in [0.1, 0.15) is 0 Å². The molecular formula is C16H36O2. The number of rotatable bonds is 10. The monoisotopic (exact) mass is 260 g/mol. The first-order valence-electron chi connectivity index (χ1n) is 7.98. The summed E-state index contributed by atoms with van der Waals surface area (Å²) in [6.45, 7) is 8.52. The van der Waals surface area contributed by atoms with E-state index in [1.165, 1.54) is 25.7 Å². The van der Waals surface area contributed by atoms with E-state index in [4.69, 9.17) is 0 Å². The second-order valence-corrected chi connectivity index (χ2v) is 5.17. The van der Waals surface area contributed by atoms with Crippen molar-refractivity contribution < 1.29 is 10.2 Å². The number of hydrogen-bond donors (Lipinski definition) is 2. The van der Waals surface area contributed by atoms with Crippen LogP contribution < -0.4 is 0 Å². The molecule has 0 rings (SSSR count). The smallest absolute Gasteiger partial charge is 0.0540 e. The van der Waals surface area contributed by atoms with Gasteiger partial charge in [0.05, 0.1) is 12.2 Å². The Bertz CT molecular complexity index is 121. The minimum Gasteiger partial charge on any atom is -0.393 e. The third kappa shape index (κ3) is 18.3. The molecule has 18 heavy (non-hydrogen) atoms. The van der Waals surface area contributed by atoms with Gasteiger partial charge in [0.15, 0.2) is 0 Å². The van der Waals surface area contributed by atoms with Crippen LogP contribution in [0.3, 0.4) is 0 Å². The highest BCUT2D eigenvalue weighted by Gasteiger charge is 1.99. The summed E-state index contributed by atoms with van der Waals surface area (Å²) in [5.41, 5.74) is 0. The van der Waals surface area contributed by atoms with Crippen LogP contribution in [0.15, 0.2) is 0 Å². The zero-order valence-electron chi connectivity index (χ0n) is 13.1. The van der Waals surface area contributed by atoms with Crippen molar-refractivity contribution in [3.8, 4) is 0 Å². The largest absolute Gasteiger partial charge is 0.393 e. The van der Waals surface area contributed by atoms with Crippen molar-refractivity contribution in [2.75, 3.05) is 0 Å². The molecular weight excluding hydrogens is 224 g/mol. The molecule has 2 heteroatoms. The maximum atomic E-state index is 9.18. The fourth-order valence-electron chi connectivity index (χ4n) is 1.83. The fraction of sp³-hybridized carbons (Fsp3) is 1.00. The van der Waals surface area contributed by atoms with Gasteiger partial charge >= 0.3 is 0 Å². The Morgan fingerprint density at radius 1 is 0.556 bits per heavy atom. The van der Waals surface area contributed by atoms with E-state index >= 15 is 0 Å². The van der Waals surface area contributed by atoms with Crippen molar-refractivity contribution in [1.29, 1.82) is 0 Å². The van der Waals surface area contributed by atoms with Crippen LogP contribution in [-0.4, -0.2) is 22.4 Å². The summed E-state index contributed by atoms with van der Waals surface area (Å²) in [7, 11) is 0. The van der Waals surface area contributed by atoms with Gasteiger partial charge in [-0.1, -0.05) is 66.2 Å². The molecule has 0 fully saturated rings. The highest BCUT2D eigenvalue weighted by atomic mass is 16.3. The number of unbranched alkanes of at least 4 members (excludes halogenated alkanes) is 2. The molecule has 0 aromatic heterocycles. The van der Waals surface area contributed by atoms with Gasteiger partial charge in [-0.3, -0.25) is 0 Å². The van der Waals surface area contributed by atoms with Crippen LogP contribution in [0, 0.1) is 0 Å². The summed E-state index contributed by atoms with van der Waals surface area (Å²) in [6.07, 6.45) is 10.8. The topological polar surface area (TPSA) is 40.5 Å². The molecule has 0 saturated carbocycles. The molecule has 2 N–H and O–H groups in total. The minimum absolute atomic E-state index is 0.0325. The third-order valence-electron chi connectivity index (χ3n) is 3.03. The zero-order chi connectivity index (χ0) is 14.2. The lowest BCUT2D eigenvalue weighted by atomic mass is 10.1. The maximum absolute atomic E-state index is 9.18. The molecule has 2 unspecified atom stereocenters. The molecule has 0 aromatic rings. The summed E-state index contributed by atoms with van der Waals surface area (Å²) in [6, 6.07) is 0. The molecule has 0 amide bonds. The van der Waals surface area contributed by atoms with Gasteiger partial charge in [-0.05, 0) is 25.7 Å². The second kappa shape index (κ2) is 16.9. The molecule has 2 nitrogen and oxygen atoms in total. The predicted octanol–water partition coefficient (Wildman–Crippen LogP) is 4.68. The summed E-state index contributed by atoms with van der Waals surface area (Å²) in [5.74, 6) is 0. The number of aliphatic hydroxyl groups excluding tert-OH is 2. The van der Waals surface area contributed by atoms with Crippen LogP contribution >= 0.6 is 0 Å². The fourth-order valence-corrected chi connectivity index (χ4v) is 1.83. The first kappa shape index (κ1) is 20.2. The Kier molecular flexibility index (Phi) is 19.0. The van der Waals surface area contributed by atoms with Crippen molar-refractivity contribution in [1.82, 2.24) is 0 Å². The van der Waals surface area contributed by atoms with Crippen molar-refractivity contribution in [2.24, 2.45) is 0 Å². The van der Waals surface area contributed by atoms with Gasteiger partial charge in [0, 0.05) is 0 Å². The van der Waals surface area contributed by atoms with Crippen molar-refractivity contribution in [3.63, 3.8) is 0 Å². The highest BCUT2D eigenvalue weighted by molar-refractivity contribution is 4.53. The highest BCUT2D eigenvalue weighted by Crippen LogP contribution is 2.05. The zero-order valence-corrected chi connectivity index (χ0v) is 13.1. The molecule has 0 aliphatic rings. The van der Waals surface area contributed by atoms with Crippen LogP contribution in [-0.2, 0) is 0 Å². The van der Waals surface area contributed by atoms with Crippen LogP contribution in [0.2, 0.25) is 0 Å². The average molecular weight is 260 g/mol. The van der Waals surface area contributed by atoms with E-state index in [-0.39, 0.29) is 12.2 Å². The summed E-state index contributed by atoms with van der Waals surface area (Å²) in [5, 5.41) is 18.4. The summed E-state index contributed by atoms with van der Waals surface area (Å²) in [4.78, 5) is 0. The van der Waals surface area contributed by atoms with E-state index in [0.717, 1.165) is 38.5 Å². The average Bonchev–Trinajstić information content (AvgIpc) is 2.35. The normalized spacial score (nSPS) is 13.7. The lowest BCUT2D eigenvalue weighted by Crippen LogP contribution is -2.04. The molecule has 0 heterocycles. The van der Waals surface area contributed by atoms with Crippen LogP contribution in [0.5, 0.6) is 0 Å². The van der Waals surface area contributed by atoms with E-state index in [1.807, 2.05) is 0 Å². The molecule has 2 atom stereocenters. The van der Waals surface area contributed by atoms with Gasteiger partial charge < -0.3 is 10.2 Å². The molecule has 0 aliphatic carbocycles. The van der Waals surface area contributed by atoms with Crippen molar-refractivity contribution >= 4 is 0 Å². The van der Waals surface area contributed by atoms with Crippen LogP contribution in [0.4, 0.5) is 0 Å². The second-order valence-electron chi connectivity index (χ2n) is 5.17. The number of aliphatic hydroxyl groups is 2. The maximum Gasteiger partial charge on any atom is 0.0540 e. The Morgan fingerprint density at radius 3 is 1.11 bits per heavy atom. The van der Waals surface area contributed by atoms with Gasteiger partial charge in [-0.25, -0.2) is 0 Å². The molecule has 0 saturated heterocycles. The lowest BCUT2D eigenvalue weighted by molar-refractivity contribution is 0.150. The van der Waals surface area contributed by atoms with E-state index in [1.54, 1.807) is 0 Å². The first-order valence-corrected chi connectivity index (χ1v) is 7.98. The molecule has 0 radical (unpaired) electrons. The predicted molar refractivity (Wildman–Crippen MR) is 80.9 cm³/mol. The Morgan fingerprint density at radius 2 is 0.889 bits per heavy atom. The summed E-state index contributed by atoms with van der Waals surface area (Å²) < 4.78 is 0. The van der Waals surface area contributed by atoms with E-state index < -0.39 is 0 Å². The third-order valence-corrected chi connectivity index (χ3v) is 3.03. The van der Waals surface area contributed by atoms with Gasteiger partial charge in [0.25, 0.3) is 0 Å². The first-order chi connectivity index (χ1) is 8.62. The van der Waals surface area contributed by atoms with Crippen molar-refractivity contribution in [2.45, 2.75) is 104 Å². The lowest BCUT2D eigenvalue weighted by Gasteiger charge is -2.06. The number of hydrogen-bond acceptors (Lipinski definition) is 2. The quantitative estimate of drug-likeness (QED) is 0.599. The molecule has 0 aliphatic heterocycles. The van der Waals surface area contributed by atoms with E-state index in [9.17, 15) is 10.2 Å². The Balaban J connectivity index is 0. The van der Waals surface area contributed by atoms with Gasteiger partial charge in [0.2, 0.25) is 0 Å². The van der Waals surface area contributed by atoms with Crippen molar-refractivity contribution in [3.05, 3.63) is 0 Å². The van der Waals surface area contributed by atoms with Crippen LogP contribution in [0.25, 0.3) is 0 Å². The Hall–Kier alpha value is -0.0800. The van der Waals surface area contributed by atoms with E-state index in [2.05, 4.69) is 27.7 Å². The SMILES string of the molecule is CCCCC(O)CCC.CCCCC(O)CCC. The van der Waals surface area contributed by atoms with Gasteiger partial charge in [-0.15, -0.1) is 0 Å². The Labute approximate surface area is 115 Å². The van der Waals surface area contributed by atoms with E-state index in [0.29, 0.717) is 0 Å². The minimum atomic E-state index is -0.0325. The molecule has 0 spiro atoms. The molecule has 0 aromatic carbocycles. The summed E-state index contributed by atoms with van der Waals surface area (Å²) >= 11 is 0. The molecule has 112 valence electrons. The van der Waals surface area contributed by atoms with Crippen LogP contribution in [0.1, 0.15) is 91.9 Å².